The van der Waals surface area contributed by atoms with Crippen LogP contribution in [0.15, 0.2) is 22.2 Å². The predicted molar refractivity (Wildman–Crippen MR) is 93.1 cm³/mol. The molecule has 2 amide bonds. The van der Waals surface area contributed by atoms with Crippen LogP contribution in [0, 0.1) is 0 Å². The maximum absolute atomic E-state index is 12.3. The van der Waals surface area contributed by atoms with E-state index in [2.05, 4.69) is 15.9 Å². The third kappa shape index (κ3) is 3.23. The first kappa shape index (κ1) is 17.4. The molecule has 0 radical (unpaired) electrons. The number of hydrogen-bond donors (Lipinski definition) is 1. The lowest BCUT2D eigenvalue weighted by atomic mass is 10.1. The minimum Gasteiger partial charge on any atom is -0.504 e. The van der Waals surface area contributed by atoms with E-state index in [1.165, 1.54) is 36.0 Å². The van der Waals surface area contributed by atoms with Gasteiger partial charge in [0, 0.05) is 18.6 Å². The fourth-order valence-corrected chi connectivity index (χ4v) is 2.68. The summed E-state index contributed by atoms with van der Waals surface area (Å²) in [6, 6.07) is 3.01. The number of thiocarbonyl (C=S) groups is 1. The molecule has 1 aliphatic rings. The summed E-state index contributed by atoms with van der Waals surface area (Å²) in [5, 5.41) is 9.98. The van der Waals surface area contributed by atoms with Crippen LogP contribution in [-0.2, 0) is 9.59 Å². The molecule has 122 valence electrons. The van der Waals surface area contributed by atoms with Crippen LogP contribution in [-0.4, -0.2) is 52.5 Å². The molecule has 0 aromatic heterocycles. The zero-order valence-electron chi connectivity index (χ0n) is 12.8. The summed E-state index contributed by atoms with van der Waals surface area (Å²) in [4.78, 5) is 27.1. The van der Waals surface area contributed by atoms with Gasteiger partial charge in [0.05, 0.1) is 6.61 Å². The molecule has 23 heavy (non-hydrogen) atoms. The molecule has 1 aromatic rings. The summed E-state index contributed by atoms with van der Waals surface area (Å²) >= 11 is 8.35. The quantitative estimate of drug-likeness (QED) is 0.479. The Balaban J connectivity index is 2.52. The van der Waals surface area contributed by atoms with E-state index in [-0.39, 0.29) is 22.2 Å². The van der Waals surface area contributed by atoms with E-state index in [4.69, 9.17) is 17.0 Å². The first-order valence-electron chi connectivity index (χ1n) is 6.75. The summed E-state index contributed by atoms with van der Waals surface area (Å²) < 4.78 is 5.86. The van der Waals surface area contributed by atoms with E-state index in [1.54, 1.807) is 13.0 Å². The standard InChI is InChI=1S/C15H15BrN2O4S/c1-4-22-12-6-8(10(16)7-11(12)19)5-9-13(20)17(2)15(23)18(3)14(9)21/h5-7,19H,4H2,1-3H3. The highest BCUT2D eigenvalue weighted by molar-refractivity contribution is 9.10. The average Bonchev–Trinajstić information content (AvgIpc) is 2.51. The SMILES string of the molecule is CCOc1cc(C=C2C(=O)N(C)C(=S)N(C)C2=O)c(Br)cc1O. The van der Waals surface area contributed by atoms with Crippen molar-refractivity contribution in [2.45, 2.75) is 6.92 Å². The topological polar surface area (TPSA) is 70.1 Å². The molecule has 0 saturated carbocycles. The van der Waals surface area contributed by atoms with Crippen LogP contribution in [0.4, 0.5) is 0 Å². The van der Waals surface area contributed by atoms with Crippen LogP contribution < -0.4 is 4.74 Å². The Kier molecular flexibility index (Phi) is 5.06. The normalized spacial score (nSPS) is 15.3. The molecule has 0 bridgehead atoms. The largest absolute Gasteiger partial charge is 0.504 e. The highest BCUT2D eigenvalue weighted by atomic mass is 79.9. The molecule has 1 aliphatic heterocycles. The van der Waals surface area contributed by atoms with E-state index in [0.717, 1.165) is 0 Å². The molecule has 6 nitrogen and oxygen atoms in total. The summed E-state index contributed by atoms with van der Waals surface area (Å²) in [5.41, 5.74) is 0.523. The molecule has 0 unspecified atom stereocenters. The molecule has 1 fully saturated rings. The Hall–Kier alpha value is -1.93. The fourth-order valence-electron chi connectivity index (χ4n) is 2.07. The second-order valence-electron chi connectivity index (χ2n) is 4.84. The van der Waals surface area contributed by atoms with Gasteiger partial charge in [-0.25, -0.2) is 0 Å². The molecule has 2 rings (SSSR count). The van der Waals surface area contributed by atoms with E-state index in [0.29, 0.717) is 16.6 Å². The summed E-state index contributed by atoms with van der Waals surface area (Å²) in [6.07, 6.45) is 1.45. The zero-order valence-corrected chi connectivity index (χ0v) is 15.2. The van der Waals surface area contributed by atoms with Crippen molar-refractivity contribution in [1.82, 2.24) is 9.80 Å². The molecule has 1 aromatic carbocycles. The number of benzene rings is 1. The summed E-state index contributed by atoms with van der Waals surface area (Å²) in [7, 11) is 3.03. The van der Waals surface area contributed by atoms with Gasteiger partial charge in [0.2, 0.25) is 0 Å². The third-order valence-electron chi connectivity index (χ3n) is 3.32. The number of phenolic OH excluding ortho intramolecular Hbond substituents is 1. The smallest absolute Gasteiger partial charge is 0.265 e. The van der Waals surface area contributed by atoms with Crippen molar-refractivity contribution in [2.75, 3.05) is 20.7 Å². The Morgan fingerprint density at radius 3 is 2.35 bits per heavy atom. The van der Waals surface area contributed by atoms with E-state index >= 15 is 0 Å². The highest BCUT2D eigenvalue weighted by Crippen LogP contribution is 2.34. The van der Waals surface area contributed by atoms with Crippen LogP contribution in [0.2, 0.25) is 0 Å². The molecule has 8 heteroatoms. The number of ether oxygens (including phenoxy) is 1. The van der Waals surface area contributed by atoms with Gasteiger partial charge in [0.25, 0.3) is 11.8 Å². The average molecular weight is 399 g/mol. The lowest BCUT2D eigenvalue weighted by molar-refractivity contribution is -0.132. The first-order chi connectivity index (χ1) is 10.8. The number of halogens is 1. The number of nitrogens with zero attached hydrogens (tertiary/aromatic N) is 2. The van der Waals surface area contributed by atoms with Crippen LogP contribution >= 0.6 is 28.1 Å². The maximum atomic E-state index is 12.3. The first-order valence-corrected chi connectivity index (χ1v) is 7.95. The van der Waals surface area contributed by atoms with Gasteiger partial charge in [-0.2, -0.15) is 0 Å². The zero-order chi connectivity index (χ0) is 17.3. The number of likely N-dealkylation sites (N-methyl/N-ethyl adjacent to an activating group) is 2. The lowest BCUT2D eigenvalue weighted by Crippen LogP contribution is -2.52. The Labute approximate surface area is 147 Å². The van der Waals surface area contributed by atoms with Crippen LogP contribution in [0.25, 0.3) is 6.08 Å². The van der Waals surface area contributed by atoms with Gasteiger partial charge in [0.1, 0.15) is 5.57 Å². The second kappa shape index (κ2) is 6.67. The van der Waals surface area contributed by atoms with Gasteiger partial charge >= 0.3 is 0 Å². The maximum Gasteiger partial charge on any atom is 0.265 e. The second-order valence-corrected chi connectivity index (χ2v) is 6.06. The van der Waals surface area contributed by atoms with Gasteiger partial charge in [-0.05, 0) is 42.9 Å². The van der Waals surface area contributed by atoms with Crippen molar-refractivity contribution in [1.29, 1.82) is 0 Å². The number of phenols is 1. The number of hydrogen-bond acceptors (Lipinski definition) is 5. The minimum atomic E-state index is -0.476. The van der Waals surface area contributed by atoms with Crippen LogP contribution in [0.3, 0.4) is 0 Å². The highest BCUT2D eigenvalue weighted by Gasteiger charge is 2.35. The predicted octanol–water partition coefficient (Wildman–Crippen LogP) is 2.15. The molecule has 1 saturated heterocycles. The van der Waals surface area contributed by atoms with Crippen LogP contribution in [0.5, 0.6) is 11.5 Å². The van der Waals surface area contributed by atoms with Crippen molar-refractivity contribution >= 4 is 51.2 Å². The molecule has 0 atom stereocenters. The Bertz CT molecular complexity index is 706. The van der Waals surface area contributed by atoms with Crippen molar-refractivity contribution in [3.8, 4) is 11.5 Å². The van der Waals surface area contributed by atoms with Crippen LogP contribution in [0.1, 0.15) is 12.5 Å². The van der Waals surface area contributed by atoms with E-state index in [9.17, 15) is 14.7 Å². The number of carbonyl (C=O) groups is 2. The van der Waals surface area contributed by atoms with E-state index < -0.39 is 11.8 Å². The van der Waals surface area contributed by atoms with Gasteiger partial charge in [-0.15, -0.1) is 0 Å². The van der Waals surface area contributed by atoms with E-state index in [1.807, 2.05) is 0 Å². The van der Waals surface area contributed by atoms with Gasteiger partial charge in [0.15, 0.2) is 16.6 Å². The molecular weight excluding hydrogens is 384 g/mol. The Morgan fingerprint density at radius 2 is 1.83 bits per heavy atom. The number of aromatic hydroxyl groups is 1. The van der Waals surface area contributed by atoms with Gasteiger partial charge < -0.3 is 9.84 Å². The summed E-state index contributed by atoms with van der Waals surface area (Å²) in [6.45, 7) is 2.17. The number of carbonyl (C=O) groups excluding carboxylic acids is 2. The Morgan fingerprint density at radius 1 is 1.26 bits per heavy atom. The number of rotatable bonds is 3. The molecule has 0 spiro atoms. The minimum absolute atomic E-state index is 0.0163. The molecule has 1 N–H and O–H groups in total. The molecule has 1 heterocycles. The third-order valence-corrected chi connectivity index (χ3v) is 4.56. The van der Waals surface area contributed by atoms with Crippen molar-refractivity contribution < 1.29 is 19.4 Å². The lowest BCUT2D eigenvalue weighted by Gasteiger charge is -2.31. The van der Waals surface area contributed by atoms with Gasteiger partial charge in [-0.3, -0.25) is 19.4 Å². The fraction of sp³-hybridized carbons (Fsp3) is 0.267. The van der Waals surface area contributed by atoms with Crippen molar-refractivity contribution in [3.05, 3.63) is 27.7 Å². The number of amides is 2. The molecular formula is C15H15BrN2O4S. The summed E-state index contributed by atoms with van der Waals surface area (Å²) in [5.74, 6) is -0.708. The van der Waals surface area contributed by atoms with Gasteiger partial charge in [-0.1, -0.05) is 15.9 Å². The molecule has 0 aliphatic carbocycles. The monoisotopic (exact) mass is 398 g/mol. The van der Waals surface area contributed by atoms with Crippen molar-refractivity contribution in [3.63, 3.8) is 0 Å². The van der Waals surface area contributed by atoms with Crippen molar-refractivity contribution in [2.24, 2.45) is 0 Å².